The van der Waals surface area contributed by atoms with Gasteiger partial charge in [-0.25, -0.2) is 0 Å². The molecule has 1 saturated carbocycles. The highest BCUT2D eigenvalue weighted by molar-refractivity contribution is 4.77. The second-order valence-corrected chi connectivity index (χ2v) is 4.24. The third kappa shape index (κ3) is 1.80. The van der Waals surface area contributed by atoms with Crippen LogP contribution >= 0.6 is 0 Å². The summed E-state index contributed by atoms with van der Waals surface area (Å²) in [5, 5.41) is 9.47. The maximum Gasteiger partial charge on any atom is 0.0823 e. The van der Waals surface area contributed by atoms with Crippen LogP contribution in [-0.4, -0.2) is 24.4 Å². The second-order valence-electron chi connectivity index (χ2n) is 4.24. The first-order chi connectivity index (χ1) is 5.86. The summed E-state index contributed by atoms with van der Waals surface area (Å²) in [5.74, 6) is 1.41. The molecule has 0 amide bonds. The molecule has 70 valence electrons. The molecule has 0 radical (unpaired) electrons. The van der Waals surface area contributed by atoms with Gasteiger partial charge in [0.05, 0.1) is 19.3 Å². The van der Waals surface area contributed by atoms with E-state index < -0.39 is 0 Å². The average molecular weight is 170 g/mol. The van der Waals surface area contributed by atoms with Crippen molar-refractivity contribution in [3.63, 3.8) is 0 Å². The molecule has 1 saturated heterocycles. The van der Waals surface area contributed by atoms with E-state index in [4.69, 9.17) is 4.74 Å². The third-order valence-corrected chi connectivity index (χ3v) is 3.34. The maximum atomic E-state index is 9.47. The lowest BCUT2D eigenvalue weighted by molar-refractivity contribution is 0.114. The van der Waals surface area contributed by atoms with Crippen molar-refractivity contribution in [1.82, 2.24) is 0 Å². The average Bonchev–Trinajstić information content (AvgIpc) is 2.33. The fraction of sp³-hybridized carbons (Fsp3) is 1.00. The van der Waals surface area contributed by atoms with Crippen LogP contribution in [0.15, 0.2) is 0 Å². The molecule has 12 heavy (non-hydrogen) atoms. The summed E-state index contributed by atoms with van der Waals surface area (Å²) in [4.78, 5) is 0. The van der Waals surface area contributed by atoms with Gasteiger partial charge < -0.3 is 9.84 Å². The van der Waals surface area contributed by atoms with Gasteiger partial charge in [-0.2, -0.15) is 0 Å². The number of hydrogen-bond donors (Lipinski definition) is 1. The molecule has 1 aliphatic heterocycles. The van der Waals surface area contributed by atoms with Crippen molar-refractivity contribution in [3.8, 4) is 0 Å². The van der Waals surface area contributed by atoms with Crippen LogP contribution in [0.3, 0.4) is 0 Å². The van der Waals surface area contributed by atoms with Crippen molar-refractivity contribution in [3.05, 3.63) is 0 Å². The van der Waals surface area contributed by atoms with E-state index in [-0.39, 0.29) is 6.10 Å². The summed E-state index contributed by atoms with van der Waals surface area (Å²) in [7, 11) is 0. The van der Waals surface area contributed by atoms with Crippen LogP contribution in [-0.2, 0) is 4.74 Å². The quantitative estimate of drug-likeness (QED) is 0.696. The van der Waals surface area contributed by atoms with Gasteiger partial charge in [0, 0.05) is 5.92 Å². The molecular formula is C10H18O2. The third-order valence-electron chi connectivity index (χ3n) is 3.34. The zero-order valence-corrected chi connectivity index (χ0v) is 7.54. The van der Waals surface area contributed by atoms with E-state index in [2.05, 4.69) is 0 Å². The molecule has 2 rings (SSSR count). The molecule has 2 heteroatoms. The van der Waals surface area contributed by atoms with Crippen LogP contribution in [0, 0.1) is 11.8 Å². The van der Waals surface area contributed by atoms with Crippen molar-refractivity contribution in [2.24, 2.45) is 11.8 Å². The van der Waals surface area contributed by atoms with Crippen molar-refractivity contribution in [2.75, 3.05) is 13.2 Å². The zero-order valence-electron chi connectivity index (χ0n) is 7.54. The first kappa shape index (κ1) is 8.52. The Kier molecular flexibility index (Phi) is 2.66. The first-order valence-electron chi connectivity index (χ1n) is 5.12. The van der Waals surface area contributed by atoms with Gasteiger partial charge in [0.25, 0.3) is 0 Å². The van der Waals surface area contributed by atoms with E-state index in [9.17, 15) is 5.11 Å². The van der Waals surface area contributed by atoms with Gasteiger partial charge in [0.2, 0.25) is 0 Å². The van der Waals surface area contributed by atoms with Gasteiger partial charge >= 0.3 is 0 Å². The van der Waals surface area contributed by atoms with Crippen LogP contribution in [0.2, 0.25) is 0 Å². The smallest absolute Gasteiger partial charge is 0.0823 e. The summed E-state index contributed by atoms with van der Waals surface area (Å²) >= 11 is 0. The van der Waals surface area contributed by atoms with E-state index in [1.807, 2.05) is 0 Å². The lowest BCUT2D eigenvalue weighted by atomic mass is 9.80. The minimum atomic E-state index is -0.176. The van der Waals surface area contributed by atoms with E-state index in [0.29, 0.717) is 12.5 Å². The first-order valence-corrected chi connectivity index (χ1v) is 5.12. The van der Waals surface area contributed by atoms with Gasteiger partial charge in [0.1, 0.15) is 0 Å². The lowest BCUT2D eigenvalue weighted by Crippen LogP contribution is -2.20. The lowest BCUT2D eigenvalue weighted by Gasteiger charge is -2.26. The second kappa shape index (κ2) is 3.75. The molecule has 2 atom stereocenters. The number of rotatable bonds is 3. The van der Waals surface area contributed by atoms with Crippen molar-refractivity contribution >= 4 is 0 Å². The summed E-state index contributed by atoms with van der Waals surface area (Å²) in [6.45, 7) is 1.35. The molecule has 0 aromatic rings. The Bertz CT molecular complexity index is 143. The summed E-state index contributed by atoms with van der Waals surface area (Å²) < 4.78 is 5.20. The fourth-order valence-electron chi connectivity index (χ4n) is 2.09. The number of hydrogen-bond acceptors (Lipinski definition) is 2. The Labute approximate surface area is 73.9 Å². The van der Waals surface area contributed by atoms with Crippen LogP contribution in [0.1, 0.15) is 32.1 Å². The van der Waals surface area contributed by atoms with Crippen molar-refractivity contribution in [1.29, 1.82) is 0 Å². The molecule has 0 aromatic heterocycles. The Balaban J connectivity index is 1.64. The highest BCUT2D eigenvalue weighted by atomic mass is 16.5. The highest BCUT2D eigenvalue weighted by Gasteiger charge is 2.27. The van der Waals surface area contributed by atoms with Crippen LogP contribution in [0.25, 0.3) is 0 Å². The van der Waals surface area contributed by atoms with E-state index in [1.54, 1.807) is 0 Å². The SMILES string of the molecule is OC1COCC1CCC1CCC1. The number of ether oxygens (including phenoxy) is 1. The molecule has 2 nitrogen and oxygen atoms in total. The van der Waals surface area contributed by atoms with Crippen LogP contribution in [0.5, 0.6) is 0 Å². The fourth-order valence-corrected chi connectivity index (χ4v) is 2.09. The van der Waals surface area contributed by atoms with Crippen molar-refractivity contribution in [2.45, 2.75) is 38.2 Å². The molecular weight excluding hydrogens is 152 g/mol. The predicted molar refractivity (Wildman–Crippen MR) is 46.9 cm³/mol. The normalized spacial score (nSPS) is 36.8. The van der Waals surface area contributed by atoms with E-state index in [1.165, 1.54) is 32.1 Å². The largest absolute Gasteiger partial charge is 0.390 e. The predicted octanol–water partition coefficient (Wildman–Crippen LogP) is 1.57. The molecule has 2 fully saturated rings. The minimum absolute atomic E-state index is 0.176. The molecule has 2 aliphatic rings. The standard InChI is InChI=1S/C10H18O2/c11-10-7-12-6-9(10)5-4-8-2-1-3-8/h8-11H,1-7H2. The van der Waals surface area contributed by atoms with E-state index in [0.717, 1.165) is 12.5 Å². The summed E-state index contributed by atoms with van der Waals surface area (Å²) in [6, 6.07) is 0. The Morgan fingerprint density at radius 1 is 1.17 bits per heavy atom. The Hall–Kier alpha value is -0.0800. The zero-order chi connectivity index (χ0) is 8.39. The monoisotopic (exact) mass is 170 g/mol. The summed E-state index contributed by atoms with van der Waals surface area (Å²) in [5.41, 5.74) is 0. The topological polar surface area (TPSA) is 29.5 Å². The van der Waals surface area contributed by atoms with Gasteiger partial charge in [-0.05, 0) is 12.3 Å². The molecule has 1 N–H and O–H groups in total. The molecule has 1 aliphatic carbocycles. The van der Waals surface area contributed by atoms with Gasteiger partial charge in [-0.3, -0.25) is 0 Å². The van der Waals surface area contributed by atoms with Gasteiger partial charge in [-0.1, -0.05) is 25.7 Å². The highest BCUT2D eigenvalue weighted by Crippen LogP contribution is 2.33. The molecule has 1 heterocycles. The van der Waals surface area contributed by atoms with Gasteiger partial charge in [-0.15, -0.1) is 0 Å². The summed E-state index contributed by atoms with van der Waals surface area (Å²) in [6.07, 6.45) is 6.57. The van der Waals surface area contributed by atoms with Crippen LogP contribution < -0.4 is 0 Å². The number of aliphatic hydroxyl groups excluding tert-OH is 1. The molecule has 2 unspecified atom stereocenters. The molecule has 0 spiro atoms. The Morgan fingerprint density at radius 2 is 2.00 bits per heavy atom. The molecule has 0 bridgehead atoms. The Morgan fingerprint density at radius 3 is 2.50 bits per heavy atom. The van der Waals surface area contributed by atoms with E-state index >= 15 is 0 Å². The number of aliphatic hydroxyl groups is 1. The molecule has 0 aromatic carbocycles. The van der Waals surface area contributed by atoms with Crippen molar-refractivity contribution < 1.29 is 9.84 Å². The van der Waals surface area contributed by atoms with Gasteiger partial charge in [0.15, 0.2) is 0 Å². The van der Waals surface area contributed by atoms with Crippen LogP contribution in [0.4, 0.5) is 0 Å². The minimum Gasteiger partial charge on any atom is -0.390 e. The maximum absolute atomic E-state index is 9.47.